The third kappa shape index (κ3) is 3.50. The quantitative estimate of drug-likeness (QED) is 0.825. The molecular weight excluding hydrogens is 324 g/mol. The van der Waals surface area contributed by atoms with Crippen molar-refractivity contribution < 1.29 is 14.3 Å². The fraction of sp³-hybridized carbons (Fsp3) is 0.500. The van der Waals surface area contributed by atoms with E-state index in [1.165, 1.54) is 0 Å². The summed E-state index contributed by atoms with van der Waals surface area (Å²) in [4.78, 5) is 11.5. The second-order valence-corrected chi connectivity index (χ2v) is 6.50. The summed E-state index contributed by atoms with van der Waals surface area (Å²) in [5.74, 6) is 0.468. The van der Waals surface area contributed by atoms with Gasteiger partial charge in [0.1, 0.15) is 18.4 Å². The van der Waals surface area contributed by atoms with Gasteiger partial charge in [-0.2, -0.15) is 0 Å². The van der Waals surface area contributed by atoms with Crippen molar-refractivity contribution in [3.8, 4) is 5.75 Å². The Kier molecular flexibility index (Phi) is 4.36. The first-order chi connectivity index (χ1) is 9.28. The first-order valence-electron chi connectivity index (χ1n) is 6.44. The molecule has 1 unspecified atom stereocenters. The van der Waals surface area contributed by atoms with Crippen molar-refractivity contribution in [2.45, 2.75) is 32.4 Å². The largest absolute Gasteiger partial charge is 0.490 e. The molecule has 0 saturated carbocycles. The first-order valence-corrected chi connectivity index (χ1v) is 7.24. The Morgan fingerprint density at radius 2 is 2.05 bits per heavy atom. The Balaban J connectivity index is 2.00. The van der Waals surface area contributed by atoms with E-state index in [4.69, 9.17) is 15.2 Å². The lowest BCUT2D eigenvalue weighted by atomic mass is 10.1. The zero-order valence-electron chi connectivity index (χ0n) is 11.8. The molecule has 0 saturated heterocycles. The van der Waals surface area contributed by atoms with E-state index in [1.807, 2.05) is 26.8 Å². The number of halogens is 1. The molecule has 1 amide bonds. The van der Waals surface area contributed by atoms with Crippen molar-refractivity contribution in [1.29, 1.82) is 0 Å². The molecule has 0 aliphatic carbocycles. The van der Waals surface area contributed by atoms with E-state index >= 15 is 0 Å². The van der Waals surface area contributed by atoms with Crippen molar-refractivity contribution >= 4 is 27.5 Å². The lowest BCUT2D eigenvalue weighted by molar-refractivity contribution is -0.116. The van der Waals surface area contributed by atoms with E-state index in [9.17, 15) is 4.79 Å². The molecule has 0 fully saturated rings. The molecule has 0 bridgehead atoms. The van der Waals surface area contributed by atoms with Crippen molar-refractivity contribution in [1.82, 2.24) is 0 Å². The normalized spacial score (nSPS) is 17.9. The van der Waals surface area contributed by atoms with Gasteiger partial charge in [0.2, 0.25) is 5.91 Å². The summed E-state index contributed by atoms with van der Waals surface area (Å²) in [5.41, 5.74) is 7.09. The molecule has 1 atom stereocenters. The third-order valence-electron chi connectivity index (χ3n) is 2.86. The number of benzene rings is 1. The highest BCUT2D eigenvalue weighted by Crippen LogP contribution is 2.37. The Morgan fingerprint density at radius 1 is 1.35 bits per heavy atom. The standard InChI is InChI=1S/C14H19BrN2O3/c1-14(2,3)20-5-4-19-11-7-10-8(6-9(11)15)12(16)13(18)17-10/h6-7,12H,4-5,16H2,1-3H3,(H,17,18). The summed E-state index contributed by atoms with van der Waals surface area (Å²) in [6.45, 7) is 6.92. The van der Waals surface area contributed by atoms with E-state index in [0.717, 1.165) is 10.0 Å². The predicted molar refractivity (Wildman–Crippen MR) is 80.9 cm³/mol. The molecule has 0 aromatic heterocycles. The first kappa shape index (κ1) is 15.3. The van der Waals surface area contributed by atoms with Gasteiger partial charge in [0.25, 0.3) is 0 Å². The van der Waals surface area contributed by atoms with Gasteiger partial charge in [0.05, 0.1) is 16.7 Å². The topological polar surface area (TPSA) is 73.6 Å². The Bertz CT molecular complexity index is 526. The van der Waals surface area contributed by atoms with Gasteiger partial charge < -0.3 is 20.5 Å². The number of carbonyl (C=O) groups is 1. The minimum Gasteiger partial charge on any atom is -0.490 e. The van der Waals surface area contributed by atoms with Gasteiger partial charge in [0, 0.05) is 17.3 Å². The molecule has 1 aromatic carbocycles. The van der Waals surface area contributed by atoms with Crippen LogP contribution in [0, 0.1) is 0 Å². The molecule has 1 heterocycles. The Morgan fingerprint density at radius 3 is 2.70 bits per heavy atom. The minimum absolute atomic E-state index is 0.181. The maximum atomic E-state index is 11.5. The number of nitrogens with one attached hydrogen (secondary N) is 1. The molecule has 2 rings (SSSR count). The molecule has 6 heteroatoms. The van der Waals surface area contributed by atoms with Crippen LogP contribution in [0.3, 0.4) is 0 Å². The predicted octanol–water partition coefficient (Wildman–Crippen LogP) is 2.59. The maximum Gasteiger partial charge on any atom is 0.245 e. The fourth-order valence-corrected chi connectivity index (χ4v) is 2.37. The van der Waals surface area contributed by atoms with E-state index in [2.05, 4.69) is 21.2 Å². The highest BCUT2D eigenvalue weighted by Gasteiger charge is 2.28. The van der Waals surface area contributed by atoms with Crippen LogP contribution in [-0.2, 0) is 9.53 Å². The number of rotatable bonds is 4. The summed E-state index contributed by atoms with van der Waals surface area (Å²) in [6.07, 6.45) is 0. The summed E-state index contributed by atoms with van der Waals surface area (Å²) < 4.78 is 12.0. The Hall–Kier alpha value is -1.11. The van der Waals surface area contributed by atoms with Gasteiger partial charge >= 0.3 is 0 Å². The van der Waals surface area contributed by atoms with Crippen LogP contribution in [0.1, 0.15) is 32.4 Å². The molecule has 20 heavy (non-hydrogen) atoms. The van der Waals surface area contributed by atoms with Crippen molar-refractivity contribution in [3.05, 3.63) is 22.2 Å². The van der Waals surface area contributed by atoms with E-state index < -0.39 is 6.04 Å². The molecule has 110 valence electrons. The molecular formula is C14H19BrN2O3. The van der Waals surface area contributed by atoms with Gasteiger partial charge in [-0.3, -0.25) is 4.79 Å². The average molecular weight is 343 g/mol. The molecule has 1 aliphatic rings. The number of ether oxygens (including phenoxy) is 2. The SMILES string of the molecule is CC(C)(C)OCCOc1cc2c(cc1Br)C(N)C(=O)N2. The van der Waals surface area contributed by atoms with Gasteiger partial charge in [-0.25, -0.2) is 0 Å². The average Bonchev–Trinajstić information content (AvgIpc) is 2.60. The van der Waals surface area contributed by atoms with Crippen LogP contribution < -0.4 is 15.8 Å². The number of fused-ring (bicyclic) bond motifs is 1. The lowest BCUT2D eigenvalue weighted by Gasteiger charge is -2.19. The van der Waals surface area contributed by atoms with Gasteiger partial charge in [-0.1, -0.05) is 0 Å². The number of hydrogen-bond donors (Lipinski definition) is 2. The van der Waals surface area contributed by atoms with Crippen LogP contribution in [0.4, 0.5) is 5.69 Å². The van der Waals surface area contributed by atoms with Gasteiger partial charge in [-0.15, -0.1) is 0 Å². The van der Waals surface area contributed by atoms with Crippen LogP contribution in [0.5, 0.6) is 5.75 Å². The van der Waals surface area contributed by atoms with E-state index in [0.29, 0.717) is 24.7 Å². The van der Waals surface area contributed by atoms with Crippen LogP contribution >= 0.6 is 15.9 Å². The van der Waals surface area contributed by atoms with E-state index in [-0.39, 0.29) is 11.5 Å². The zero-order chi connectivity index (χ0) is 14.9. The van der Waals surface area contributed by atoms with Crippen LogP contribution in [0.2, 0.25) is 0 Å². The highest BCUT2D eigenvalue weighted by molar-refractivity contribution is 9.10. The van der Waals surface area contributed by atoms with E-state index in [1.54, 1.807) is 6.07 Å². The molecule has 0 radical (unpaired) electrons. The summed E-state index contributed by atoms with van der Waals surface area (Å²) in [6, 6.07) is 2.98. The number of hydrogen-bond acceptors (Lipinski definition) is 4. The molecule has 5 nitrogen and oxygen atoms in total. The third-order valence-corrected chi connectivity index (χ3v) is 3.48. The smallest absolute Gasteiger partial charge is 0.245 e. The second kappa shape index (κ2) is 5.71. The molecule has 3 N–H and O–H groups in total. The zero-order valence-corrected chi connectivity index (χ0v) is 13.4. The van der Waals surface area contributed by atoms with Crippen LogP contribution in [-0.4, -0.2) is 24.7 Å². The fourth-order valence-electron chi connectivity index (χ4n) is 1.90. The van der Waals surface area contributed by atoms with Gasteiger partial charge in [0.15, 0.2) is 0 Å². The summed E-state index contributed by atoms with van der Waals surface area (Å²) >= 11 is 3.43. The van der Waals surface area contributed by atoms with Gasteiger partial charge in [-0.05, 0) is 42.8 Å². The van der Waals surface area contributed by atoms with Crippen molar-refractivity contribution in [2.24, 2.45) is 5.73 Å². The van der Waals surface area contributed by atoms with Crippen molar-refractivity contribution in [3.63, 3.8) is 0 Å². The highest BCUT2D eigenvalue weighted by atomic mass is 79.9. The number of amides is 1. The van der Waals surface area contributed by atoms with Crippen molar-refractivity contribution in [2.75, 3.05) is 18.5 Å². The minimum atomic E-state index is -0.612. The number of carbonyl (C=O) groups excluding carboxylic acids is 1. The molecule has 1 aliphatic heterocycles. The monoisotopic (exact) mass is 342 g/mol. The molecule has 0 spiro atoms. The maximum absolute atomic E-state index is 11.5. The van der Waals surface area contributed by atoms with Crippen LogP contribution in [0.25, 0.3) is 0 Å². The Labute approximate surface area is 126 Å². The number of anilines is 1. The van der Waals surface area contributed by atoms with Crippen LogP contribution in [0.15, 0.2) is 16.6 Å². The molecule has 1 aromatic rings. The summed E-state index contributed by atoms with van der Waals surface area (Å²) in [5, 5.41) is 2.73. The number of nitrogens with two attached hydrogens (primary N) is 1. The second-order valence-electron chi connectivity index (χ2n) is 5.65. The summed E-state index contributed by atoms with van der Waals surface area (Å²) in [7, 11) is 0. The lowest BCUT2D eigenvalue weighted by Crippen LogP contribution is -2.22.